The van der Waals surface area contributed by atoms with Crippen molar-refractivity contribution in [1.82, 2.24) is 29.5 Å². The standard InChI is InChI=1S/C26H28N8O/c1-17(2)32-9-11-33(12-10-32)21-7-5-20(6-8-21)31-24-25-29-16-30-34(25)23(15-27-24)18-3-4-19-14-28-26(35)22(19)13-18/h3-8,13-17,28,35H,9-12H2,1-2H3,(H,27,31). The second-order valence-corrected chi connectivity index (χ2v) is 9.22. The summed E-state index contributed by atoms with van der Waals surface area (Å²) in [6.07, 6.45) is 5.08. The SMILES string of the molecule is CC(C)N1CCN(c2ccc(Nc3ncc(-c4ccc5c[nH]c(O)c5c4)n4ncnc34)cc2)CC1. The van der Waals surface area contributed by atoms with Gasteiger partial charge in [-0.3, -0.25) is 4.90 Å². The second kappa shape index (κ2) is 8.59. The highest BCUT2D eigenvalue weighted by Crippen LogP contribution is 2.31. The van der Waals surface area contributed by atoms with Crippen LogP contribution in [0, 0.1) is 0 Å². The van der Waals surface area contributed by atoms with Crippen molar-refractivity contribution in [3.63, 3.8) is 0 Å². The van der Waals surface area contributed by atoms with Gasteiger partial charge in [0.15, 0.2) is 17.3 Å². The second-order valence-electron chi connectivity index (χ2n) is 9.22. The van der Waals surface area contributed by atoms with Gasteiger partial charge < -0.3 is 20.3 Å². The van der Waals surface area contributed by atoms with Crippen molar-refractivity contribution in [2.24, 2.45) is 0 Å². The molecule has 4 heterocycles. The lowest BCUT2D eigenvalue weighted by Crippen LogP contribution is -2.48. The minimum absolute atomic E-state index is 0.146. The van der Waals surface area contributed by atoms with Crippen LogP contribution in [0.25, 0.3) is 27.7 Å². The minimum atomic E-state index is 0.146. The summed E-state index contributed by atoms with van der Waals surface area (Å²) in [6, 6.07) is 14.9. The Hall–Kier alpha value is -4.11. The fraction of sp³-hybridized carbons (Fsp3) is 0.269. The Morgan fingerprint density at radius 3 is 2.57 bits per heavy atom. The van der Waals surface area contributed by atoms with Crippen molar-refractivity contribution in [3.05, 3.63) is 61.2 Å². The first kappa shape index (κ1) is 21.4. The molecule has 5 aromatic rings. The zero-order valence-electron chi connectivity index (χ0n) is 19.8. The molecule has 3 aromatic heterocycles. The van der Waals surface area contributed by atoms with E-state index in [1.165, 1.54) is 12.0 Å². The lowest BCUT2D eigenvalue weighted by molar-refractivity contribution is 0.209. The van der Waals surface area contributed by atoms with Crippen LogP contribution < -0.4 is 10.2 Å². The summed E-state index contributed by atoms with van der Waals surface area (Å²) in [4.78, 5) is 16.9. The number of aromatic amines is 1. The number of rotatable bonds is 5. The van der Waals surface area contributed by atoms with Crippen LogP contribution in [-0.2, 0) is 0 Å². The van der Waals surface area contributed by atoms with Crippen LogP contribution in [0.15, 0.2) is 61.2 Å². The molecule has 0 aliphatic carbocycles. The molecular formula is C26H28N8O. The largest absolute Gasteiger partial charge is 0.494 e. The van der Waals surface area contributed by atoms with E-state index < -0.39 is 0 Å². The number of anilines is 3. The van der Waals surface area contributed by atoms with E-state index in [9.17, 15) is 5.11 Å². The number of nitrogens with zero attached hydrogens (tertiary/aromatic N) is 6. The minimum Gasteiger partial charge on any atom is -0.494 e. The molecule has 2 aromatic carbocycles. The maximum Gasteiger partial charge on any atom is 0.199 e. The Bertz CT molecular complexity index is 1480. The Balaban J connectivity index is 1.23. The molecule has 0 amide bonds. The first-order valence-electron chi connectivity index (χ1n) is 11.9. The van der Waals surface area contributed by atoms with Crippen LogP contribution in [0.1, 0.15) is 13.8 Å². The first-order chi connectivity index (χ1) is 17.1. The number of hydrogen-bond donors (Lipinski definition) is 3. The Morgan fingerprint density at radius 1 is 1.00 bits per heavy atom. The summed E-state index contributed by atoms with van der Waals surface area (Å²) < 4.78 is 1.77. The van der Waals surface area contributed by atoms with Crippen molar-refractivity contribution in [2.75, 3.05) is 36.4 Å². The summed E-state index contributed by atoms with van der Waals surface area (Å²) in [5.41, 5.74) is 4.50. The van der Waals surface area contributed by atoms with Crippen LogP contribution >= 0.6 is 0 Å². The lowest BCUT2D eigenvalue weighted by atomic mass is 10.1. The molecule has 0 radical (unpaired) electrons. The van der Waals surface area contributed by atoms with Crippen LogP contribution in [0.3, 0.4) is 0 Å². The molecule has 1 aliphatic heterocycles. The summed E-state index contributed by atoms with van der Waals surface area (Å²) in [5.74, 6) is 0.781. The molecule has 0 unspecified atom stereocenters. The van der Waals surface area contributed by atoms with Gasteiger partial charge in [0, 0.05) is 66.1 Å². The quantitative estimate of drug-likeness (QED) is 0.355. The molecule has 9 heteroatoms. The van der Waals surface area contributed by atoms with Gasteiger partial charge in [0.25, 0.3) is 0 Å². The van der Waals surface area contributed by atoms with E-state index in [0.717, 1.165) is 53.9 Å². The molecule has 9 nitrogen and oxygen atoms in total. The molecule has 1 fully saturated rings. The molecule has 35 heavy (non-hydrogen) atoms. The van der Waals surface area contributed by atoms with Gasteiger partial charge in [-0.1, -0.05) is 12.1 Å². The van der Waals surface area contributed by atoms with Crippen LogP contribution in [0.4, 0.5) is 17.2 Å². The van der Waals surface area contributed by atoms with Crippen molar-refractivity contribution in [2.45, 2.75) is 19.9 Å². The molecule has 0 saturated carbocycles. The van der Waals surface area contributed by atoms with Crippen LogP contribution in [0.2, 0.25) is 0 Å². The molecule has 0 spiro atoms. The number of H-pyrrole nitrogens is 1. The van der Waals surface area contributed by atoms with Crippen LogP contribution in [0.5, 0.6) is 5.88 Å². The van der Waals surface area contributed by atoms with Crippen molar-refractivity contribution in [3.8, 4) is 17.1 Å². The van der Waals surface area contributed by atoms with Gasteiger partial charge in [0.05, 0.1) is 11.9 Å². The zero-order chi connectivity index (χ0) is 23.9. The fourth-order valence-electron chi connectivity index (χ4n) is 4.76. The van der Waals surface area contributed by atoms with Crippen molar-refractivity contribution >= 4 is 33.6 Å². The molecule has 0 atom stereocenters. The molecule has 1 aliphatic rings. The number of nitrogens with one attached hydrogen (secondary N) is 2. The fourth-order valence-corrected chi connectivity index (χ4v) is 4.76. The Kier molecular flexibility index (Phi) is 5.26. The van der Waals surface area contributed by atoms with Crippen molar-refractivity contribution in [1.29, 1.82) is 0 Å². The van der Waals surface area contributed by atoms with E-state index in [2.05, 4.69) is 73.3 Å². The van der Waals surface area contributed by atoms with Gasteiger partial charge in [-0.25, -0.2) is 14.5 Å². The van der Waals surface area contributed by atoms with E-state index in [1.807, 2.05) is 18.2 Å². The zero-order valence-corrected chi connectivity index (χ0v) is 19.8. The summed E-state index contributed by atoms with van der Waals surface area (Å²) in [5, 5.41) is 19.6. The predicted molar refractivity (Wildman–Crippen MR) is 138 cm³/mol. The molecule has 178 valence electrons. The normalized spacial score (nSPS) is 14.9. The number of aromatic nitrogens is 5. The van der Waals surface area contributed by atoms with E-state index in [1.54, 1.807) is 16.9 Å². The average Bonchev–Trinajstić information content (AvgIpc) is 3.52. The van der Waals surface area contributed by atoms with Gasteiger partial charge in [0.2, 0.25) is 0 Å². The van der Waals surface area contributed by atoms with E-state index in [0.29, 0.717) is 17.5 Å². The number of piperazine rings is 1. The lowest BCUT2D eigenvalue weighted by Gasteiger charge is -2.38. The van der Waals surface area contributed by atoms with Gasteiger partial charge in [-0.15, -0.1) is 0 Å². The first-order valence-corrected chi connectivity index (χ1v) is 11.9. The Morgan fingerprint density at radius 2 is 1.80 bits per heavy atom. The van der Waals surface area contributed by atoms with E-state index >= 15 is 0 Å². The number of hydrogen-bond acceptors (Lipinski definition) is 7. The molecule has 6 rings (SSSR count). The maximum atomic E-state index is 10.1. The number of aromatic hydroxyl groups is 1. The van der Waals surface area contributed by atoms with Gasteiger partial charge in [-0.05, 0) is 44.2 Å². The van der Waals surface area contributed by atoms with Gasteiger partial charge >= 0.3 is 0 Å². The van der Waals surface area contributed by atoms with E-state index in [-0.39, 0.29) is 5.88 Å². The number of fused-ring (bicyclic) bond motifs is 2. The molecule has 3 N–H and O–H groups in total. The summed E-state index contributed by atoms with van der Waals surface area (Å²) in [7, 11) is 0. The highest BCUT2D eigenvalue weighted by atomic mass is 16.3. The molecular weight excluding hydrogens is 440 g/mol. The van der Waals surface area contributed by atoms with Crippen molar-refractivity contribution < 1.29 is 5.11 Å². The third-order valence-electron chi connectivity index (χ3n) is 6.81. The van der Waals surface area contributed by atoms with Gasteiger partial charge in [0.1, 0.15) is 6.33 Å². The maximum absolute atomic E-state index is 10.1. The highest BCUT2D eigenvalue weighted by molar-refractivity contribution is 5.91. The van der Waals surface area contributed by atoms with Gasteiger partial charge in [-0.2, -0.15) is 5.10 Å². The van der Waals surface area contributed by atoms with E-state index in [4.69, 9.17) is 0 Å². The smallest absolute Gasteiger partial charge is 0.199 e. The Labute approximate surface area is 203 Å². The topological polar surface area (TPSA) is 97.6 Å². The predicted octanol–water partition coefficient (Wildman–Crippen LogP) is 4.25. The average molecular weight is 469 g/mol. The monoisotopic (exact) mass is 468 g/mol. The third kappa shape index (κ3) is 3.93. The summed E-state index contributed by atoms with van der Waals surface area (Å²) in [6.45, 7) is 8.79. The van der Waals surface area contributed by atoms with Crippen LogP contribution in [-0.4, -0.2) is 66.8 Å². The molecule has 0 bridgehead atoms. The molecule has 1 saturated heterocycles. The number of benzene rings is 2. The summed E-state index contributed by atoms with van der Waals surface area (Å²) >= 11 is 0. The highest BCUT2D eigenvalue weighted by Gasteiger charge is 2.19. The third-order valence-corrected chi connectivity index (χ3v) is 6.81.